The number of nitrogens with zero attached hydrogens (tertiary/aromatic N) is 1. The van der Waals surface area contributed by atoms with Gasteiger partial charge < -0.3 is 14.8 Å². The minimum Gasteiger partial charge on any atom is -0.493 e. The molecular formula is C21H20N2O3. The van der Waals surface area contributed by atoms with E-state index in [1.54, 1.807) is 33.4 Å². The van der Waals surface area contributed by atoms with Gasteiger partial charge in [-0.2, -0.15) is 0 Å². The number of ether oxygens (including phenoxy) is 2. The molecule has 0 saturated heterocycles. The molecule has 0 aliphatic carbocycles. The molecule has 0 unspecified atom stereocenters. The van der Waals surface area contributed by atoms with Crippen LogP contribution in [0.15, 0.2) is 60.3 Å². The first-order valence-electron chi connectivity index (χ1n) is 8.18. The van der Waals surface area contributed by atoms with Gasteiger partial charge >= 0.3 is 0 Å². The van der Waals surface area contributed by atoms with Crippen molar-refractivity contribution >= 4 is 28.6 Å². The summed E-state index contributed by atoms with van der Waals surface area (Å²) in [5.74, 6) is 1.08. The van der Waals surface area contributed by atoms with Crippen molar-refractivity contribution < 1.29 is 14.3 Å². The van der Waals surface area contributed by atoms with Gasteiger partial charge in [0.15, 0.2) is 11.5 Å². The van der Waals surface area contributed by atoms with Crippen LogP contribution in [0.3, 0.4) is 0 Å². The molecule has 5 heteroatoms. The molecule has 3 rings (SSSR count). The van der Waals surface area contributed by atoms with E-state index in [4.69, 9.17) is 9.47 Å². The fourth-order valence-corrected chi connectivity index (χ4v) is 2.68. The normalized spacial score (nSPS) is 11.3. The third-order valence-corrected chi connectivity index (χ3v) is 4.03. The molecule has 0 spiro atoms. The number of anilines is 1. The summed E-state index contributed by atoms with van der Waals surface area (Å²) in [5.41, 5.74) is 2.88. The first-order chi connectivity index (χ1) is 12.6. The molecule has 0 atom stereocenters. The molecule has 5 nitrogen and oxygen atoms in total. The van der Waals surface area contributed by atoms with Crippen LogP contribution in [-0.4, -0.2) is 25.1 Å². The Kier molecular flexibility index (Phi) is 5.17. The average molecular weight is 348 g/mol. The van der Waals surface area contributed by atoms with Crippen molar-refractivity contribution in [2.75, 3.05) is 19.5 Å². The number of carbonyl (C=O) groups is 1. The Morgan fingerprint density at radius 1 is 1.04 bits per heavy atom. The molecule has 1 amide bonds. The Hall–Kier alpha value is -3.34. The Balaban J connectivity index is 1.84. The number of nitrogens with one attached hydrogen (secondary N) is 1. The number of pyridine rings is 1. The fraction of sp³-hybridized carbons (Fsp3) is 0.143. The summed E-state index contributed by atoms with van der Waals surface area (Å²) >= 11 is 0. The zero-order chi connectivity index (χ0) is 18.5. The minimum absolute atomic E-state index is 0.182. The Morgan fingerprint density at radius 3 is 2.58 bits per heavy atom. The van der Waals surface area contributed by atoms with Crippen LogP contribution in [0.4, 0.5) is 5.69 Å². The quantitative estimate of drug-likeness (QED) is 0.699. The van der Waals surface area contributed by atoms with Gasteiger partial charge in [0.2, 0.25) is 0 Å². The predicted molar refractivity (Wildman–Crippen MR) is 104 cm³/mol. The topological polar surface area (TPSA) is 60.5 Å². The van der Waals surface area contributed by atoms with Gasteiger partial charge in [-0.1, -0.05) is 24.3 Å². The maximum absolute atomic E-state index is 12.6. The number of benzene rings is 2. The van der Waals surface area contributed by atoms with Crippen molar-refractivity contribution in [2.45, 2.75) is 6.92 Å². The van der Waals surface area contributed by atoms with Crippen molar-refractivity contribution in [3.63, 3.8) is 0 Å². The van der Waals surface area contributed by atoms with Crippen molar-refractivity contribution in [3.05, 3.63) is 65.9 Å². The van der Waals surface area contributed by atoms with Crippen LogP contribution in [0, 0.1) is 0 Å². The van der Waals surface area contributed by atoms with Crippen molar-refractivity contribution in [2.24, 2.45) is 0 Å². The number of rotatable bonds is 5. The summed E-state index contributed by atoms with van der Waals surface area (Å²) < 4.78 is 10.5. The number of methoxy groups -OCH3 is 2. The Labute approximate surface area is 152 Å². The van der Waals surface area contributed by atoms with E-state index >= 15 is 0 Å². The van der Waals surface area contributed by atoms with Crippen LogP contribution in [0.1, 0.15) is 12.5 Å². The Morgan fingerprint density at radius 2 is 1.81 bits per heavy atom. The van der Waals surface area contributed by atoms with Crippen LogP contribution in [0.2, 0.25) is 0 Å². The highest BCUT2D eigenvalue weighted by Crippen LogP contribution is 2.28. The van der Waals surface area contributed by atoms with Crippen LogP contribution in [0.25, 0.3) is 17.0 Å². The number of amides is 1. The Bertz CT molecular complexity index is 975. The third-order valence-electron chi connectivity index (χ3n) is 4.03. The number of fused-ring (bicyclic) bond motifs is 1. The predicted octanol–water partition coefficient (Wildman–Crippen LogP) is 4.29. The lowest BCUT2D eigenvalue weighted by atomic mass is 10.1. The highest BCUT2D eigenvalue weighted by molar-refractivity contribution is 6.09. The zero-order valence-corrected chi connectivity index (χ0v) is 14.9. The first-order valence-corrected chi connectivity index (χ1v) is 8.18. The molecule has 1 aromatic heterocycles. The van der Waals surface area contributed by atoms with Crippen molar-refractivity contribution in [1.29, 1.82) is 0 Å². The number of para-hydroxylation sites is 1. The van der Waals surface area contributed by atoms with Crippen LogP contribution >= 0.6 is 0 Å². The van der Waals surface area contributed by atoms with E-state index in [9.17, 15) is 4.79 Å². The van der Waals surface area contributed by atoms with E-state index in [1.807, 2.05) is 48.5 Å². The second kappa shape index (κ2) is 7.70. The maximum atomic E-state index is 12.6. The van der Waals surface area contributed by atoms with Gasteiger partial charge in [0, 0.05) is 17.2 Å². The molecule has 0 saturated carbocycles. The summed E-state index contributed by atoms with van der Waals surface area (Å²) in [6, 6.07) is 15.0. The van der Waals surface area contributed by atoms with Gasteiger partial charge in [0.05, 0.1) is 25.4 Å². The summed E-state index contributed by atoms with van der Waals surface area (Å²) in [5, 5.41) is 3.91. The molecule has 0 radical (unpaired) electrons. The van der Waals surface area contributed by atoms with E-state index < -0.39 is 0 Å². The highest BCUT2D eigenvalue weighted by atomic mass is 16.5. The van der Waals surface area contributed by atoms with E-state index in [1.165, 1.54) is 0 Å². The summed E-state index contributed by atoms with van der Waals surface area (Å²) in [4.78, 5) is 16.9. The van der Waals surface area contributed by atoms with Crippen molar-refractivity contribution in [1.82, 2.24) is 4.98 Å². The van der Waals surface area contributed by atoms with Gasteiger partial charge in [-0.25, -0.2) is 0 Å². The number of hydrogen-bond acceptors (Lipinski definition) is 4. The van der Waals surface area contributed by atoms with Gasteiger partial charge in [-0.05, 0) is 42.8 Å². The maximum Gasteiger partial charge on any atom is 0.251 e. The molecule has 0 aliphatic heterocycles. The van der Waals surface area contributed by atoms with Crippen LogP contribution < -0.4 is 14.8 Å². The highest BCUT2D eigenvalue weighted by Gasteiger charge is 2.09. The molecule has 2 aromatic carbocycles. The van der Waals surface area contributed by atoms with E-state index in [0.717, 1.165) is 16.5 Å². The zero-order valence-electron chi connectivity index (χ0n) is 14.9. The van der Waals surface area contributed by atoms with Gasteiger partial charge in [0.1, 0.15) is 0 Å². The molecule has 1 N–H and O–H groups in total. The average Bonchev–Trinajstić information content (AvgIpc) is 2.68. The molecule has 0 bridgehead atoms. The number of hydrogen-bond donors (Lipinski definition) is 1. The largest absolute Gasteiger partial charge is 0.493 e. The lowest BCUT2D eigenvalue weighted by molar-refractivity contribution is -0.112. The van der Waals surface area contributed by atoms with E-state index in [2.05, 4.69) is 10.3 Å². The molecule has 0 fully saturated rings. The monoisotopic (exact) mass is 348 g/mol. The number of aromatic nitrogens is 1. The third kappa shape index (κ3) is 3.67. The van der Waals surface area contributed by atoms with Gasteiger partial charge in [0.25, 0.3) is 5.91 Å². The summed E-state index contributed by atoms with van der Waals surface area (Å²) in [6.45, 7) is 1.77. The molecular weight excluding hydrogens is 328 g/mol. The molecule has 3 aromatic rings. The standard InChI is InChI=1S/C21H20N2O3/c1-14(12-15-9-10-18(25-2)19(13-15)26-3)21(24)23-17-8-4-6-16-7-5-11-22-20(16)17/h4-13H,1-3H3,(H,23,24)/b14-12+. The fourth-order valence-electron chi connectivity index (χ4n) is 2.68. The van der Waals surface area contributed by atoms with Crippen molar-refractivity contribution in [3.8, 4) is 11.5 Å². The first kappa shape index (κ1) is 17.5. The van der Waals surface area contributed by atoms with Gasteiger partial charge in [-0.3, -0.25) is 9.78 Å². The molecule has 26 heavy (non-hydrogen) atoms. The van der Waals surface area contributed by atoms with Gasteiger partial charge in [-0.15, -0.1) is 0 Å². The van der Waals surface area contributed by atoms with Crippen LogP contribution in [-0.2, 0) is 4.79 Å². The smallest absolute Gasteiger partial charge is 0.251 e. The number of carbonyl (C=O) groups excluding carboxylic acids is 1. The molecule has 1 heterocycles. The second-order valence-electron chi connectivity index (χ2n) is 5.78. The van der Waals surface area contributed by atoms with E-state index in [0.29, 0.717) is 22.8 Å². The second-order valence-corrected chi connectivity index (χ2v) is 5.78. The molecule has 0 aliphatic rings. The summed E-state index contributed by atoms with van der Waals surface area (Å²) in [7, 11) is 3.17. The lowest BCUT2D eigenvalue weighted by Gasteiger charge is -2.10. The molecule has 132 valence electrons. The lowest BCUT2D eigenvalue weighted by Crippen LogP contribution is -2.13. The SMILES string of the molecule is COc1ccc(/C=C(\C)C(=O)Nc2cccc3cccnc23)cc1OC. The summed E-state index contributed by atoms with van der Waals surface area (Å²) in [6.07, 6.45) is 3.51. The van der Waals surface area contributed by atoms with Crippen LogP contribution in [0.5, 0.6) is 11.5 Å². The van der Waals surface area contributed by atoms with E-state index in [-0.39, 0.29) is 5.91 Å². The minimum atomic E-state index is -0.182.